The fourth-order valence-electron chi connectivity index (χ4n) is 4.92. The van der Waals surface area contributed by atoms with Crippen molar-refractivity contribution in [1.82, 2.24) is 14.9 Å². The van der Waals surface area contributed by atoms with Gasteiger partial charge in [0.15, 0.2) is 0 Å². The van der Waals surface area contributed by atoms with E-state index in [1.54, 1.807) is 17.6 Å². The lowest BCUT2D eigenvalue weighted by Gasteiger charge is -2.35. The Morgan fingerprint density at radius 1 is 1.24 bits per heavy atom. The van der Waals surface area contributed by atoms with Crippen LogP contribution in [0.5, 0.6) is 0 Å². The molecule has 0 saturated carbocycles. The summed E-state index contributed by atoms with van der Waals surface area (Å²) in [7, 11) is 0. The molecule has 10 heteroatoms. The lowest BCUT2D eigenvalue weighted by Crippen LogP contribution is -2.48. The van der Waals surface area contributed by atoms with Crippen molar-refractivity contribution in [1.29, 1.82) is 0 Å². The number of para-hydroxylation sites is 1. The molecule has 37 heavy (non-hydrogen) atoms. The number of cyclic esters (lactones) is 1. The van der Waals surface area contributed by atoms with Gasteiger partial charge < -0.3 is 24.2 Å². The van der Waals surface area contributed by atoms with Gasteiger partial charge in [0.05, 0.1) is 29.0 Å². The molecule has 2 aliphatic heterocycles. The molecule has 2 aromatic heterocycles. The number of hydrogen-bond donors (Lipinski definition) is 1. The molecule has 3 aromatic rings. The molecular weight excluding hydrogens is 478 g/mol. The first-order valence-electron chi connectivity index (χ1n) is 12.1. The Labute approximate surface area is 211 Å². The van der Waals surface area contributed by atoms with Gasteiger partial charge in [0.1, 0.15) is 19.4 Å². The van der Waals surface area contributed by atoms with Crippen molar-refractivity contribution >= 4 is 35.0 Å². The normalized spacial score (nSPS) is 17.4. The SMILES string of the molecule is CC[C@@]1(OC(=O)CNC(=O)CCCC=O)C(=O)OCc2c1cc1n(c2=O)Cc2cc3ccccc3nc2-1. The van der Waals surface area contributed by atoms with Gasteiger partial charge in [-0.2, -0.15) is 0 Å². The summed E-state index contributed by atoms with van der Waals surface area (Å²) in [4.78, 5) is 66.4. The number of esters is 2. The van der Waals surface area contributed by atoms with Crippen LogP contribution in [0.4, 0.5) is 0 Å². The summed E-state index contributed by atoms with van der Waals surface area (Å²) in [5, 5.41) is 3.39. The largest absolute Gasteiger partial charge is 0.457 e. The van der Waals surface area contributed by atoms with Crippen LogP contribution >= 0.6 is 0 Å². The number of ether oxygens (including phenoxy) is 2. The number of aromatic nitrogens is 2. The summed E-state index contributed by atoms with van der Waals surface area (Å²) < 4.78 is 12.6. The van der Waals surface area contributed by atoms with Crippen molar-refractivity contribution in [3.8, 4) is 11.4 Å². The third kappa shape index (κ3) is 4.18. The van der Waals surface area contributed by atoms with Gasteiger partial charge in [0.2, 0.25) is 11.5 Å². The van der Waals surface area contributed by atoms with Gasteiger partial charge in [0, 0.05) is 29.4 Å². The van der Waals surface area contributed by atoms with Crippen molar-refractivity contribution in [2.24, 2.45) is 0 Å². The van der Waals surface area contributed by atoms with E-state index < -0.39 is 30.0 Å². The number of benzene rings is 1. The molecule has 190 valence electrons. The summed E-state index contributed by atoms with van der Waals surface area (Å²) in [6.45, 7) is 1.29. The van der Waals surface area contributed by atoms with Crippen LogP contribution in [-0.4, -0.2) is 40.2 Å². The summed E-state index contributed by atoms with van der Waals surface area (Å²) >= 11 is 0. The van der Waals surface area contributed by atoms with Crippen LogP contribution in [0.25, 0.3) is 22.3 Å². The second-order valence-electron chi connectivity index (χ2n) is 9.07. The van der Waals surface area contributed by atoms with E-state index in [2.05, 4.69) is 5.32 Å². The topological polar surface area (TPSA) is 134 Å². The molecule has 1 atom stereocenters. The van der Waals surface area contributed by atoms with Gasteiger partial charge in [0.25, 0.3) is 5.56 Å². The molecule has 0 unspecified atom stereocenters. The average molecular weight is 504 g/mol. The lowest BCUT2D eigenvalue weighted by molar-refractivity contribution is -0.189. The number of fused-ring (bicyclic) bond motifs is 5. The smallest absolute Gasteiger partial charge is 0.355 e. The Bertz CT molecular complexity index is 1510. The first-order valence-corrected chi connectivity index (χ1v) is 12.1. The number of unbranched alkanes of at least 4 members (excludes halogenated alkanes) is 1. The van der Waals surface area contributed by atoms with E-state index in [1.807, 2.05) is 30.3 Å². The number of nitrogens with zero attached hydrogens (tertiary/aromatic N) is 2. The van der Waals surface area contributed by atoms with Crippen LogP contribution in [-0.2, 0) is 47.4 Å². The van der Waals surface area contributed by atoms with Gasteiger partial charge in [-0.3, -0.25) is 14.4 Å². The van der Waals surface area contributed by atoms with Crippen molar-refractivity contribution < 1.29 is 28.7 Å². The van der Waals surface area contributed by atoms with Gasteiger partial charge >= 0.3 is 11.9 Å². The van der Waals surface area contributed by atoms with Crippen LogP contribution in [0.3, 0.4) is 0 Å². The molecule has 1 aromatic carbocycles. The van der Waals surface area contributed by atoms with Crippen LogP contribution in [0.2, 0.25) is 0 Å². The van der Waals surface area contributed by atoms with Gasteiger partial charge in [-0.25, -0.2) is 9.78 Å². The summed E-state index contributed by atoms with van der Waals surface area (Å²) in [5.74, 6) is -2.04. The minimum atomic E-state index is -1.83. The molecule has 4 heterocycles. The molecule has 0 bridgehead atoms. The highest BCUT2D eigenvalue weighted by molar-refractivity contribution is 5.89. The highest BCUT2D eigenvalue weighted by Crippen LogP contribution is 2.40. The zero-order chi connectivity index (χ0) is 26.2. The van der Waals surface area contributed by atoms with E-state index in [9.17, 15) is 24.0 Å². The Morgan fingerprint density at radius 3 is 2.84 bits per heavy atom. The molecule has 5 rings (SSSR count). The van der Waals surface area contributed by atoms with Crippen molar-refractivity contribution in [2.45, 2.75) is 51.4 Å². The van der Waals surface area contributed by atoms with Gasteiger partial charge in [-0.1, -0.05) is 25.1 Å². The monoisotopic (exact) mass is 503 g/mol. The maximum Gasteiger partial charge on any atom is 0.355 e. The molecule has 1 amide bonds. The predicted octanol–water partition coefficient (Wildman–Crippen LogP) is 2.12. The Kier molecular flexibility index (Phi) is 6.32. The second-order valence-corrected chi connectivity index (χ2v) is 9.07. The fraction of sp³-hybridized carbons (Fsp3) is 0.333. The first-order chi connectivity index (χ1) is 17.9. The zero-order valence-electron chi connectivity index (χ0n) is 20.2. The standard InChI is InChI=1S/C27H25N3O7/c1-2-27(37-23(33)13-28-22(32)9-5-6-10-31)19-12-21-24-17(11-16-7-3-4-8-20(16)29-24)14-30(21)25(34)18(19)15-36-26(27)35/h3-4,7-8,10-12H,2,5-6,9,13-15H2,1H3,(H,28,32)/t27-/m0/s1. The highest BCUT2D eigenvalue weighted by Gasteiger charge is 2.50. The lowest BCUT2D eigenvalue weighted by atomic mass is 9.85. The second kappa shape index (κ2) is 9.61. The first kappa shape index (κ1) is 24.4. The molecular formula is C27H25N3O7. The third-order valence-corrected chi connectivity index (χ3v) is 6.83. The molecule has 1 N–H and O–H groups in total. The third-order valence-electron chi connectivity index (χ3n) is 6.83. The maximum absolute atomic E-state index is 13.5. The average Bonchev–Trinajstić information content (AvgIpc) is 3.26. The van der Waals surface area contributed by atoms with Crippen LogP contribution in [0, 0.1) is 0 Å². The number of hydrogen-bond acceptors (Lipinski definition) is 8. The number of aldehydes is 1. The van der Waals surface area contributed by atoms with E-state index in [1.165, 1.54) is 0 Å². The van der Waals surface area contributed by atoms with Gasteiger partial charge in [-0.05, 0) is 31.0 Å². The Balaban J connectivity index is 1.50. The number of nitrogens with one attached hydrogen (secondary N) is 1. The van der Waals surface area contributed by atoms with E-state index in [-0.39, 0.29) is 42.6 Å². The Hall–Kier alpha value is -4.34. The van der Waals surface area contributed by atoms with Crippen molar-refractivity contribution in [2.75, 3.05) is 6.54 Å². The predicted molar refractivity (Wildman–Crippen MR) is 131 cm³/mol. The van der Waals surface area contributed by atoms with Gasteiger partial charge in [-0.15, -0.1) is 0 Å². The molecule has 0 saturated heterocycles. The summed E-state index contributed by atoms with van der Waals surface area (Å²) in [5.41, 5.74) is 1.18. The van der Waals surface area contributed by atoms with E-state index in [0.29, 0.717) is 30.6 Å². The van der Waals surface area contributed by atoms with Crippen molar-refractivity contribution in [3.05, 3.63) is 63.4 Å². The van der Waals surface area contributed by atoms with E-state index in [4.69, 9.17) is 14.5 Å². The van der Waals surface area contributed by atoms with E-state index in [0.717, 1.165) is 16.5 Å². The van der Waals surface area contributed by atoms with Crippen molar-refractivity contribution in [3.63, 3.8) is 0 Å². The fourth-order valence-corrected chi connectivity index (χ4v) is 4.92. The molecule has 2 aliphatic rings. The van der Waals surface area contributed by atoms with Crippen LogP contribution < -0.4 is 10.9 Å². The number of pyridine rings is 2. The summed E-state index contributed by atoms with van der Waals surface area (Å²) in [6.07, 6.45) is 1.43. The molecule has 0 radical (unpaired) electrons. The Morgan fingerprint density at radius 2 is 2.05 bits per heavy atom. The highest BCUT2D eigenvalue weighted by atomic mass is 16.6. The zero-order valence-corrected chi connectivity index (χ0v) is 20.2. The molecule has 0 fully saturated rings. The quantitative estimate of drug-likeness (QED) is 0.220. The summed E-state index contributed by atoms with van der Waals surface area (Å²) in [6, 6.07) is 11.3. The number of rotatable bonds is 8. The number of carbonyl (C=O) groups excluding carboxylic acids is 4. The van der Waals surface area contributed by atoms with Crippen LogP contribution in [0.1, 0.15) is 49.3 Å². The number of carbonyl (C=O) groups is 4. The molecule has 0 spiro atoms. The molecule has 10 nitrogen and oxygen atoms in total. The maximum atomic E-state index is 13.5. The van der Waals surface area contributed by atoms with Crippen LogP contribution in [0.15, 0.2) is 41.2 Å². The number of amides is 1. The minimum absolute atomic E-state index is 0.0265. The molecule has 0 aliphatic carbocycles. The minimum Gasteiger partial charge on any atom is -0.457 e. The van der Waals surface area contributed by atoms with E-state index >= 15 is 0 Å².